The molecule has 2 bridgehead atoms. The van der Waals surface area contributed by atoms with Crippen LogP contribution < -0.4 is 10.1 Å². The largest absolute Gasteiger partial charge is 0.490 e. The number of aryl methyl sites for hydroxylation is 1. The topological polar surface area (TPSA) is 56.8 Å². The molecule has 2 saturated heterocycles. The van der Waals surface area contributed by atoms with E-state index in [2.05, 4.69) is 23.5 Å². The molecular formula is C24H33NO4. The van der Waals surface area contributed by atoms with Crippen LogP contribution >= 0.6 is 0 Å². The van der Waals surface area contributed by atoms with E-state index in [9.17, 15) is 4.79 Å². The van der Waals surface area contributed by atoms with Crippen LogP contribution in [-0.4, -0.2) is 45.5 Å². The fraction of sp³-hybridized carbons (Fsp3) is 0.708. The van der Waals surface area contributed by atoms with Crippen molar-refractivity contribution >= 4 is 5.97 Å². The van der Waals surface area contributed by atoms with Gasteiger partial charge in [0, 0.05) is 30.8 Å². The van der Waals surface area contributed by atoms with Crippen molar-refractivity contribution in [1.82, 2.24) is 5.32 Å². The molecule has 5 nitrogen and oxygen atoms in total. The minimum Gasteiger partial charge on any atom is -0.490 e. The molecule has 158 valence electrons. The normalized spacial score (nSPS) is 33.2. The highest BCUT2D eigenvalue weighted by Gasteiger charge is 2.44. The maximum atomic E-state index is 12.2. The molecule has 0 amide bonds. The number of methoxy groups -OCH3 is 1. The monoisotopic (exact) mass is 399 g/mol. The van der Waals surface area contributed by atoms with Gasteiger partial charge in [0.15, 0.2) is 0 Å². The van der Waals surface area contributed by atoms with Gasteiger partial charge in [0.25, 0.3) is 0 Å². The van der Waals surface area contributed by atoms with E-state index in [4.69, 9.17) is 14.2 Å². The number of esters is 1. The summed E-state index contributed by atoms with van der Waals surface area (Å²) in [5, 5.41) is 3.57. The molecule has 5 heteroatoms. The van der Waals surface area contributed by atoms with Crippen molar-refractivity contribution < 1.29 is 19.0 Å². The van der Waals surface area contributed by atoms with E-state index in [-0.39, 0.29) is 23.9 Å². The van der Waals surface area contributed by atoms with E-state index < -0.39 is 0 Å². The zero-order valence-corrected chi connectivity index (χ0v) is 17.6. The summed E-state index contributed by atoms with van der Waals surface area (Å²) in [7, 11) is 1.49. The summed E-state index contributed by atoms with van der Waals surface area (Å²) in [5.41, 5.74) is 2.54. The van der Waals surface area contributed by atoms with Crippen LogP contribution in [0.25, 0.3) is 0 Å². The number of carbonyl (C=O) groups is 1. The number of rotatable bonds is 5. The Kier molecular flexibility index (Phi) is 5.29. The third-order valence-corrected chi connectivity index (χ3v) is 7.69. The van der Waals surface area contributed by atoms with Crippen LogP contribution in [0.5, 0.6) is 5.75 Å². The van der Waals surface area contributed by atoms with E-state index in [0.29, 0.717) is 23.7 Å². The molecule has 1 N–H and O–H groups in total. The van der Waals surface area contributed by atoms with Crippen LogP contribution in [0.2, 0.25) is 0 Å². The third kappa shape index (κ3) is 3.68. The van der Waals surface area contributed by atoms with Gasteiger partial charge in [-0.3, -0.25) is 4.79 Å². The fourth-order valence-corrected chi connectivity index (χ4v) is 6.07. The summed E-state index contributed by atoms with van der Waals surface area (Å²) >= 11 is 0. The molecule has 3 heterocycles. The summed E-state index contributed by atoms with van der Waals surface area (Å²) in [6.07, 6.45) is 4.84. The zero-order valence-electron chi connectivity index (χ0n) is 17.6. The van der Waals surface area contributed by atoms with Gasteiger partial charge in [-0.25, -0.2) is 0 Å². The Morgan fingerprint density at radius 1 is 1.17 bits per heavy atom. The second-order valence-electron chi connectivity index (χ2n) is 9.53. The van der Waals surface area contributed by atoms with Crippen LogP contribution in [0.1, 0.15) is 43.2 Å². The lowest BCUT2D eigenvalue weighted by molar-refractivity contribution is -0.145. The molecule has 5 rings (SSSR count). The van der Waals surface area contributed by atoms with Crippen molar-refractivity contribution in [2.24, 2.45) is 29.6 Å². The summed E-state index contributed by atoms with van der Waals surface area (Å²) in [5.74, 6) is 3.30. The molecule has 3 fully saturated rings. The first-order chi connectivity index (χ1) is 14.2. The van der Waals surface area contributed by atoms with Crippen LogP contribution in [-0.2, 0) is 20.7 Å². The lowest BCUT2D eigenvalue weighted by Crippen LogP contribution is -2.56. The second-order valence-corrected chi connectivity index (χ2v) is 9.53. The van der Waals surface area contributed by atoms with Gasteiger partial charge in [0.2, 0.25) is 0 Å². The van der Waals surface area contributed by atoms with Crippen LogP contribution in [0.3, 0.4) is 0 Å². The van der Waals surface area contributed by atoms with E-state index in [1.807, 2.05) is 6.92 Å². The van der Waals surface area contributed by atoms with Crippen LogP contribution in [0.15, 0.2) is 18.2 Å². The minimum atomic E-state index is -0.120. The first-order valence-corrected chi connectivity index (χ1v) is 11.3. The molecule has 3 unspecified atom stereocenters. The predicted octanol–water partition coefficient (Wildman–Crippen LogP) is 3.16. The number of hydrogen-bond donors (Lipinski definition) is 1. The van der Waals surface area contributed by atoms with Crippen molar-refractivity contribution in [3.05, 3.63) is 29.3 Å². The fourth-order valence-electron chi connectivity index (χ4n) is 6.07. The first kappa shape index (κ1) is 19.4. The Labute approximate surface area is 173 Å². The standard InChI is InChI=1S/C24H33NO4/c1-14(24(26)27-2)22(16-4-5-16)17-6-3-15-7-8-20(29-21(15)9-17)23-18-10-25-11-19(23)13-28-12-18/h3,6,9,14,16,18-20,22-23,25H,4-5,7-8,10-13H2,1-2H3/t14-,18?,19?,20?,22-,23?/m0/s1. The van der Waals surface area contributed by atoms with Gasteiger partial charge < -0.3 is 19.5 Å². The van der Waals surface area contributed by atoms with Crippen molar-refractivity contribution in [2.45, 2.75) is 44.6 Å². The third-order valence-electron chi connectivity index (χ3n) is 7.69. The molecule has 0 radical (unpaired) electrons. The highest BCUT2D eigenvalue weighted by molar-refractivity contribution is 5.73. The smallest absolute Gasteiger partial charge is 0.309 e. The average molecular weight is 400 g/mol. The number of benzene rings is 1. The maximum Gasteiger partial charge on any atom is 0.309 e. The van der Waals surface area contributed by atoms with Crippen LogP contribution in [0.4, 0.5) is 0 Å². The molecule has 5 atom stereocenters. The zero-order chi connectivity index (χ0) is 20.0. The van der Waals surface area contributed by atoms with E-state index in [0.717, 1.165) is 44.9 Å². The predicted molar refractivity (Wildman–Crippen MR) is 110 cm³/mol. The van der Waals surface area contributed by atoms with Gasteiger partial charge >= 0.3 is 5.97 Å². The Morgan fingerprint density at radius 3 is 2.62 bits per heavy atom. The lowest BCUT2D eigenvalue weighted by Gasteiger charge is -2.47. The Balaban J connectivity index is 1.38. The molecule has 1 saturated carbocycles. The van der Waals surface area contributed by atoms with E-state index in [1.54, 1.807) is 0 Å². The van der Waals surface area contributed by atoms with Crippen molar-refractivity contribution in [3.8, 4) is 5.75 Å². The number of hydrogen-bond acceptors (Lipinski definition) is 5. The van der Waals surface area contributed by atoms with Gasteiger partial charge in [0.05, 0.1) is 26.2 Å². The average Bonchev–Trinajstić information content (AvgIpc) is 3.57. The minimum absolute atomic E-state index is 0.110. The highest BCUT2D eigenvalue weighted by atomic mass is 16.5. The van der Waals surface area contributed by atoms with Gasteiger partial charge in [-0.15, -0.1) is 0 Å². The van der Waals surface area contributed by atoms with Gasteiger partial charge in [-0.05, 0) is 54.7 Å². The molecule has 1 aromatic rings. The molecule has 1 aliphatic carbocycles. The number of nitrogens with one attached hydrogen (secondary N) is 1. The SMILES string of the molecule is COC(=O)[C@@H](C)[C@H](c1ccc2c(c1)OC(C1C3CNCC1COC3)CC2)C1CC1. The summed E-state index contributed by atoms with van der Waals surface area (Å²) in [6, 6.07) is 6.68. The molecule has 3 aliphatic heterocycles. The van der Waals surface area contributed by atoms with Gasteiger partial charge in [-0.2, -0.15) is 0 Å². The highest BCUT2D eigenvalue weighted by Crippen LogP contribution is 2.48. The summed E-state index contributed by atoms with van der Waals surface area (Å²) in [6.45, 7) is 5.78. The lowest BCUT2D eigenvalue weighted by atomic mass is 9.72. The Bertz CT molecular complexity index is 739. The Hall–Kier alpha value is -1.59. The second kappa shape index (κ2) is 7.92. The van der Waals surface area contributed by atoms with Crippen molar-refractivity contribution in [3.63, 3.8) is 0 Å². The van der Waals surface area contributed by atoms with E-state index in [1.165, 1.54) is 31.1 Å². The molecule has 0 spiro atoms. The first-order valence-electron chi connectivity index (χ1n) is 11.3. The molecular weight excluding hydrogens is 366 g/mol. The van der Waals surface area contributed by atoms with Gasteiger partial charge in [0.1, 0.15) is 11.9 Å². The van der Waals surface area contributed by atoms with Gasteiger partial charge in [-0.1, -0.05) is 19.1 Å². The summed E-state index contributed by atoms with van der Waals surface area (Å²) < 4.78 is 17.6. The molecule has 0 aromatic heterocycles. The quantitative estimate of drug-likeness (QED) is 0.771. The maximum absolute atomic E-state index is 12.2. The summed E-state index contributed by atoms with van der Waals surface area (Å²) in [4.78, 5) is 12.2. The molecule has 4 aliphatic rings. The van der Waals surface area contributed by atoms with Crippen LogP contribution in [0, 0.1) is 29.6 Å². The number of piperidine rings is 1. The number of ether oxygens (including phenoxy) is 3. The molecule has 1 aromatic carbocycles. The van der Waals surface area contributed by atoms with E-state index >= 15 is 0 Å². The van der Waals surface area contributed by atoms with Crippen molar-refractivity contribution in [2.75, 3.05) is 33.4 Å². The van der Waals surface area contributed by atoms with Crippen molar-refractivity contribution in [1.29, 1.82) is 0 Å². The molecule has 29 heavy (non-hydrogen) atoms. The number of carbonyl (C=O) groups excluding carboxylic acids is 1. The Morgan fingerprint density at radius 2 is 1.93 bits per heavy atom. The number of fused-ring (bicyclic) bond motifs is 3.